The van der Waals surface area contributed by atoms with Gasteiger partial charge in [0.15, 0.2) is 0 Å². The Morgan fingerprint density at radius 1 is 1.32 bits per heavy atom. The first kappa shape index (κ1) is 17.7. The van der Waals surface area contributed by atoms with E-state index in [2.05, 4.69) is 26.1 Å². The summed E-state index contributed by atoms with van der Waals surface area (Å²) in [5.41, 5.74) is 2.33. The van der Waals surface area contributed by atoms with Crippen molar-refractivity contribution in [1.82, 2.24) is 9.88 Å². The Labute approximate surface area is 147 Å². The van der Waals surface area contributed by atoms with Crippen molar-refractivity contribution < 1.29 is 19.4 Å². The fourth-order valence-electron chi connectivity index (χ4n) is 3.75. The van der Waals surface area contributed by atoms with Crippen LogP contribution in [-0.4, -0.2) is 40.1 Å². The second kappa shape index (κ2) is 5.98. The lowest BCUT2D eigenvalue weighted by molar-refractivity contribution is -0.114. The van der Waals surface area contributed by atoms with Crippen LogP contribution in [0, 0.1) is 0 Å². The van der Waals surface area contributed by atoms with Gasteiger partial charge in [0, 0.05) is 31.0 Å². The SMILES string of the molecule is CC(=O)Nc1cc2c(c(C(C)(C)C)n1)C1(CCN(C(=O)O)CC1)OC2. The molecule has 1 aromatic heterocycles. The van der Waals surface area contributed by atoms with Crippen molar-refractivity contribution in [2.75, 3.05) is 18.4 Å². The van der Waals surface area contributed by atoms with Crippen LogP contribution in [0.3, 0.4) is 0 Å². The number of hydrogen-bond acceptors (Lipinski definition) is 4. The Balaban J connectivity index is 2.03. The molecule has 0 aliphatic carbocycles. The number of anilines is 1. The first-order chi connectivity index (χ1) is 11.6. The number of nitrogens with one attached hydrogen (secondary N) is 1. The molecule has 0 aromatic carbocycles. The van der Waals surface area contributed by atoms with E-state index in [9.17, 15) is 14.7 Å². The topological polar surface area (TPSA) is 91.8 Å². The number of hydrogen-bond donors (Lipinski definition) is 2. The zero-order valence-electron chi connectivity index (χ0n) is 15.2. The molecule has 2 aliphatic rings. The van der Waals surface area contributed by atoms with Crippen LogP contribution in [0.2, 0.25) is 0 Å². The second-order valence-electron chi connectivity index (χ2n) is 7.87. The van der Waals surface area contributed by atoms with E-state index in [4.69, 9.17) is 9.72 Å². The summed E-state index contributed by atoms with van der Waals surface area (Å²) in [6.07, 6.45) is 0.357. The molecule has 3 rings (SSSR count). The van der Waals surface area contributed by atoms with Gasteiger partial charge in [0.1, 0.15) is 5.82 Å². The summed E-state index contributed by atoms with van der Waals surface area (Å²) in [6.45, 7) is 9.09. The number of likely N-dealkylation sites (tertiary alicyclic amines) is 1. The number of rotatable bonds is 1. The van der Waals surface area contributed by atoms with Crippen LogP contribution in [0.15, 0.2) is 6.07 Å². The summed E-state index contributed by atoms with van der Waals surface area (Å²) >= 11 is 0. The minimum Gasteiger partial charge on any atom is -0.465 e. The maximum absolute atomic E-state index is 11.4. The van der Waals surface area contributed by atoms with Crippen LogP contribution in [0.5, 0.6) is 0 Å². The standard InChI is InChI=1S/C18H25N3O4/c1-11(22)19-13-9-12-10-25-18(5-7-21(8-6-18)16(23)24)14(12)15(20-13)17(2,3)4/h9H,5-8,10H2,1-4H3,(H,23,24)(H,19,20,22). The maximum atomic E-state index is 11.4. The monoisotopic (exact) mass is 347 g/mol. The van der Waals surface area contributed by atoms with Gasteiger partial charge in [0.2, 0.25) is 5.91 Å². The second-order valence-corrected chi connectivity index (χ2v) is 7.87. The number of carbonyl (C=O) groups is 2. The smallest absolute Gasteiger partial charge is 0.407 e. The highest BCUT2D eigenvalue weighted by Gasteiger charge is 2.47. The lowest BCUT2D eigenvalue weighted by Crippen LogP contribution is -2.45. The summed E-state index contributed by atoms with van der Waals surface area (Å²) in [6, 6.07) is 1.88. The van der Waals surface area contributed by atoms with Gasteiger partial charge in [0.05, 0.1) is 17.9 Å². The number of nitrogens with zero attached hydrogens (tertiary/aromatic N) is 2. The van der Waals surface area contributed by atoms with Gasteiger partial charge in [0.25, 0.3) is 0 Å². The normalized spacial score (nSPS) is 19.0. The molecular weight excluding hydrogens is 322 g/mol. The van der Waals surface area contributed by atoms with Crippen molar-refractivity contribution in [3.63, 3.8) is 0 Å². The van der Waals surface area contributed by atoms with Gasteiger partial charge in [-0.3, -0.25) is 4.79 Å². The molecule has 25 heavy (non-hydrogen) atoms. The van der Waals surface area contributed by atoms with Crippen LogP contribution < -0.4 is 5.32 Å². The highest BCUT2D eigenvalue weighted by atomic mass is 16.5. The van der Waals surface area contributed by atoms with E-state index in [1.165, 1.54) is 11.8 Å². The average Bonchev–Trinajstić information content (AvgIpc) is 2.84. The molecule has 0 saturated carbocycles. The molecule has 1 aromatic rings. The third-order valence-electron chi connectivity index (χ3n) is 4.92. The molecule has 2 amide bonds. The largest absolute Gasteiger partial charge is 0.465 e. The number of carbonyl (C=O) groups excluding carboxylic acids is 1. The fraction of sp³-hybridized carbons (Fsp3) is 0.611. The number of pyridine rings is 1. The van der Waals surface area contributed by atoms with Gasteiger partial charge in [-0.15, -0.1) is 0 Å². The Morgan fingerprint density at radius 3 is 2.48 bits per heavy atom. The van der Waals surface area contributed by atoms with Crippen molar-refractivity contribution in [2.24, 2.45) is 0 Å². The Kier molecular flexibility index (Phi) is 4.23. The molecule has 136 valence electrons. The van der Waals surface area contributed by atoms with E-state index in [0.29, 0.717) is 38.4 Å². The van der Waals surface area contributed by atoms with E-state index < -0.39 is 11.7 Å². The summed E-state index contributed by atoms with van der Waals surface area (Å²) < 4.78 is 6.20. The first-order valence-electron chi connectivity index (χ1n) is 8.57. The highest BCUT2D eigenvalue weighted by molar-refractivity contribution is 5.87. The van der Waals surface area contributed by atoms with Gasteiger partial charge < -0.3 is 20.1 Å². The van der Waals surface area contributed by atoms with E-state index in [1.54, 1.807) is 0 Å². The van der Waals surface area contributed by atoms with E-state index in [-0.39, 0.29) is 11.3 Å². The Hall–Kier alpha value is -2.15. The van der Waals surface area contributed by atoms with Gasteiger partial charge >= 0.3 is 6.09 Å². The number of ether oxygens (including phenoxy) is 1. The van der Waals surface area contributed by atoms with Crippen molar-refractivity contribution in [3.8, 4) is 0 Å². The quantitative estimate of drug-likeness (QED) is 0.815. The molecule has 0 atom stereocenters. The molecule has 2 N–H and O–H groups in total. The maximum Gasteiger partial charge on any atom is 0.407 e. The van der Waals surface area contributed by atoms with Crippen LogP contribution in [0.25, 0.3) is 0 Å². The predicted molar refractivity (Wildman–Crippen MR) is 92.5 cm³/mol. The van der Waals surface area contributed by atoms with Crippen LogP contribution in [0.1, 0.15) is 57.4 Å². The summed E-state index contributed by atoms with van der Waals surface area (Å²) in [5.74, 6) is 0.385. The number of fused-ring (bicyclic) bond motifs is 2. The zero-order chi connectivity index (χ0) is 18.4. The molecule has 7 heteroatoms. The molecule has 0 bridgehead atoms. The number of carboxylic acid groups (broad SMARTS) is 1. The van der Waals surface area contributed by atoms with Crippen molar-refractivity contribution >= 4 is 17.8 Å². The number of aromatic nitrogens is 1. The predicted octanol–water partition coefficient (Wildman–Crippen LogP) is 2.84. The lowest BCUT2D eigenvalue weighted by atomic mass is 9.77. The highest BCUT2D eigenvalue weighted by Crippen LogP contribution is 2.48. The summed E-state index contributed by atoms with van der Waals surface area (Å²) in [5, 5.41) is 12.0. The molecule has 1 fully saturated rings. The molecule has 1 spiro atoms. The van der Waals surface area contributed by atoms with Gasteiger partial charge in [-0.2, -0.15) is 0 Å². The number of piperidine rings is 1. The molecule has 0 unspecified atom stereocenters. The summed E-state index contributed by atoms with van der Waals surface area (Å²) in [7, 11) is 0. The van der Waals surface area contributed by atoms with E-state index in [0.717, 1.165) is 16.8 Å². The average molecular weight is 347 g/mol. The minimum atomic E-state index is -0.886. The third kappa shape index (κ3) is 3.20. The molecule has 0 radical (unpaired) electrons. The first-order valence-corrected chi connectivity index (χ1v) is 8.57. The van der Waals surface area contributed by atoms with Gasteiger partial charge in [-0.05, 0) is 24.5 Å². The molecule has 2 aliphatic heterocycles. The Bertz CT molecular complexity index is 716. The summed E-state index contributed by atoms with van der Waals surface area (Å²) in [4.78, 5) is 28.8. The van der Waals surface area contributed by atoms with Crippen molar-refractivity contribution in [1.29, 1.82) is 0 Å². The van der Waals surface area contributed by atoms with Crippen molar-refractivity contribution in [2.45, 2.75) is 58.2 Å². The molecule has 3 heterocycles. The molecule has 1 saturated heterocycles. The number of amides is 2. The minimum absolute atomic E-state index is 0.157. The van der Waals surface area contributed by atoms with Crippen LogP contribution in [0.4, 0.5) is 10.6 Å². The zero-order valence-corrected chi connectivity index (χ0v) is 15.2. The lowest BCUT2D eigenvalue weighted by Gasteiger charge is -2.40. The van der Waals surface area contributed by atoms with Gasteiger partial charge in [-0.1, -0.05) is 20.8 Å². The molecule has 7 nitrogen and oxygen atoms in total. The van der Waals surface area contributed by atoms with Gasteiger partial charge in [-0.25, -0.2) is 9.78 Å². The van der Waals surface area contributed by atoms with E-state index >= 15 is 0 Å². The van der Waals surface area contributed by atoms with E-state index in [1.807, 2.05) is 6.07 Å². The van der Waals surface area contributed by atoms with Crippen LogP contribution >= 0.6 is 0 Å². The molecular formula is C18H25N3O4. The Morgan fingerprint density at radius 2 is 1.96 bits per heavy atom. The third-order valence-corrected chi connectivity index (χ3v) is 4.92. The van der Waals surface area contributed by atoms with Crippen LogP contribution in [-0.2, 0) is 27.2 Å². The fourth-order valence-corrected chi connectivity index (χ4v) is 3.75. The van der Waals surface area contributed by atoms with Crippen molar-refractivity contribution in [3.05, 3.63) is 22.9 Å².